The molecule has 37 heavy (non-hydrogen) atoms. The fourth-order valence-corrected chi connectivity index (χ4v) is 4.49. The first-order valence-corrected chi connectivity index (χ1v) is 13.4. The van der Waals surface area contributed by atoms with Gasteiger partial charge >= 0.3 is 12.1 Å². The molecule has 2 aromatic carbocycles. The Balaban J connectivity index is 0.000000604. The van der Waals surface area contributed by atoms with Crippen LogP contribution in [-0.2, 0) is 14.8 Å². The van der Waals surface area contributed by atoms with Crippen LogP contribution in [0, 0.1) is 5.92 Å². The van der Waals surface area contributed by atoms with E-state index in [0.29, 0.717) is 23.7 Å². The SMILES string of the molecule is CC(C)CNC(=O)c1ccc(N2CCNCC2)c(NS(=O)(=O)c2ccc(Br)cc2)c1.O=C(O)C(F)(F)F. The van der Waals surface area contributed by atoms with Crippen LogP contribution in [0.25, 0.3) is 0 Å². The van der Waals surface area contributed by atoms with Gasteiger partial charge in [-0.3, -0.25) is 9.52 Å². The molecule has 0 atom stereocenters. The van der Waals surface area contributed by atoms with Crippen molar-refractivity contribution in [2.24, 2.45) is 5.92 Å². The second-order valence-corrected chi connectivity index (χ2v) is 11.0. The Hall–Kier alpha value is -2.84. The van der Waals surface area contributed by atoms with Crippen LogP contribution < -0.4 is 20.3 Å². The van der Waals surface area contributed by atoms with Crippen LogP contribution in [-0.4, -0.2) is 64.3 Å². The first-order chi connectivity index (χ1) is 17.2. The fourth-order valence-electron chi connectivity index (χ4n) is 3.16. The van der Waals surface area contributed by atoms with E-state index in [1.165, 1.54) is 12.1 Å². The van der Waals surface area contributed by atoms with Crippen LogP contribution in [0.2, 0.25) is 0 Å². The van der Waals surface area contributed by atoms with Gasteiger partial charge < -0.3 is 20.6 Å². The number of hydrogen-bond acceptors (Lipinski definition) is 6. The number of amides is 1. The fraction of sp³-hybridized carbons (Fsp3) is 0.391. The van der Waals surface area contributed by atoms with Crippen molar-refractivity contribution in [3.8, 4) is 0 Å². The highest BCUT2D eigenvalue weighted by Gasteiger charge is 2.38. The lowest BCUT2D eigenvalue weighted by Gasteiger charge is -2.31. The van der Waals surface area contributed by atoms with E-state index in [0.717, 1.165) is 36.3 Å². The number of hydrogen-bond donors (Lipinski definition) is 4. The molecule has 1 fully saturated rings. The topological polar surface area (TPSA) is 128 Å². The number of nitrogens with zero attached hydrogens (tertiary/aromatic N) is 1. The van der Waals surface area contributed by atoms with E-state index in [9.17, 15) is 26.4 Å². The van der Waals surface area contributed by atoms with E-state index in [1.54, 1.807) is 24.3 Å². The Morgan fingerprint density at radius 2 is 1.68 bits per heavy atom. The Bertz CT molecular complexity index is 1190. The Morgan fingerprint density at radius 1 is 1.11 bits per heavy atom. The number of nitrogens with one attached hydrogen (secondary N) is 3. The number of carbonyl (C=O) groups is 2. The first-order valence-electron chi connectivity index (χ1n) is 11.2. The summed E-state index contributed by atoms with van der Waals surface area (Å²) in [6.45, 7) is 7.73. The summed E-state index contributed by atoms with van der Waals surface area (Å²) in [6.07, 6.45) is -5.08. The molecular weight excluding hydrogens is 581 g/mol. The molecule has 0 aromatic heterocycles. The van der Waals surface area contributed by atoms with Crippen LogP contribution >= 0.6 is 15.9 Å². The third kappa shape index (κ3) is 9.52. The summed E-state index contributed by atoms with van der Waals surface area (Å²) in [5, 5.41) is 13.3. The van der Waals surface area contributed by atoms with Crippen LogP contribution in [0.1, 0.15) is 24.2 Å². The molecule has 14 heteroatoms. The molecule has 1 amide bonds. The Kier molecular flexibility index (Phi) is 10.8. The summed E-state index contributed by atoms with van der Waals surface area (Å²) < 4.78 is 61.2. The predicted molar refractivity (Wildman–Crippen MR) is 137 cm³/mol. The summed E-state index contributed by atoms with van der Waals surface area (Å²) in [6, 6.07) is 11.6. The molecule has 9 nitrogen and oxygen atoms in total. The minimum absolute atomic E-state index is 0.159. The Labute approximate surface area is 221 Å². The van der Waals surface area contributed by atoms with Crippen molar-refractivity contribution in [2.45, 2.75) is 24.9 Å². The van der Waals surface area contributed by atoms with Gasteiger partial charge in [0.15, 0.2) is 0 Å². The lowest BCUT2D eigenvalue weighted by atomic mass is 10.1. The zero-order chi connectivity index (χ0) is 27.8. The third-order valence-electron chi connectivity index (χ3n) is 5.00. The zero-order valence-corrected chi connectivity index (χ0v) is 22.5. The predicted octanol–water partition coefficient (Wildman–Crippen LogP) is 3.68. The summed E-state index contributed by atoms with van der Waals surface area (Å²) in [7, 11) is -3.80. The van der Waals surface area contributed by atoms with Crippen LogP contribution in [0.3, 0.4) is 0 Å². The van der Waals surface area contributed by atoms with Crippen molar-refractivity contribution in [1.82, 2.24) is 10.6 Å². The molecule has 3 rings (SSSR count). The van der Waals surface area contributed by atoms with E-state index in [2.05, 4.69) is 36.2 Å². The number of halogens is 4. The van der Waals surface area contributed by atoms with Gasteiger partial charge in [0.25, 0.3) is 15.9 Å². The molecule has 0 aliphatic carbocycles. The van der Waals surface area contributed by atoms with E-state index in [-0.39, 0.29) is 10.8 Å². The van der Waals surface area contributed by atoms with Crippen molar-refractivity contribution >= 4 is 49.2 Å². The first kappa shape index (κ1) is 30.4. The number of rotatable bonds is 7. The van der Waals surface area contributed by atoms with Crippen molar-refractivity contribution < 1.29 is 36.3 Å². The van der Waals surface area contributed by atoms with Gasteiger partial charge in [-0.15, -0.1) is 0 Å². The van der Waals surface area contributed by atoms with Gasteiger partial charge in [-0.25, -0.2) is 13.2 Å². The minimum atomic E-state index is -5.08. The van der Waals surface area contributed by atoms with E-state index in [4.69, 9.17) is 9.90 Å². The van der Waals surface area contributed by atoms with Crippen LogP contribution in [0.4, 0.5) is 24.5 Å². The van der Waals surface area contributed by atoms with Crippen LogP contribution in [0.5, 0.6) is 0 Å². The highest BCUT2D eigenvalue weighted by atomic mass is 79.9. The average molecular weight is 609 g/mol. The van der Waals surface area contributed by atoms with Crippen LogP contribution in [0.15, 0.2) is 51.8 Å². The molecule has 0 spiro atoms. The maximum atomic E-state index is 13.0. The number of carboxylic acids is 1. The molecule has 0 radical (unpaired) electrons. The standard InChI is InChI=1S/C21H27BrN4O3S.C2HF3O2/c1-15(2)14-24-21(27)16-3-8-20(26-11-9-23-10-12-26)19(13-16)25-30(28,29)18-6-4-17(22)5-7-18;3-2(4,5)1(6)7/h3-8,13,15,23,25H,9-12,14H2,1-2H3,(H,24,27);(H,6,7). The molecule has 1 saturated heterocycles. The van der Waals surface area contributed by atoms with Crippen molar-refractivity contribution in [1.29, 1.82) is 0 Å². The number of carbonyl (C=O) groups excluding carboxylic acids is 1. The number of carboxylic acid groups (broad SMARTS) is 1. The number of piperazine rings is 1. The largest absolute Gasteiger partial charge is 0.490 e. The molecule has 1 aliphatic heterocycles. The van der Waals surface area contributed by atoms with Gasteiger partial charge in [0.05, 0.1) is 16.3 Å². The van der Waals surface area contributed by atoms with Gasteiger partial charge in [-0.2, -0.15) is 13.2 Å². The third-order valence-corrected chi connectivity index (χ3v) is 6.91. The lowest BCUT2D eigenvalue weighted by molar-refractivity contribution is -0.192. The van der Waals surface area contributed by atoms with Gasteiger partial charge in [0.2, 0.25) is 0 Å². The highest BCUT2D eigenvalue weighted by Crippen LogP contribution is 2.30. The number of aliphatic carboxylic acids is 1. The van der Waals surface area contributed by atoms with Gasteiger partial charge in [0.1, 0.15) is 0 Å². The molecule has 0 bridgehead atoms. The van der Waals surface area contributed by atoms with Crippen molar-refractivity contribution in [2.75, 3.05) is 42.3 Å². The molecule has 204 valence electrons. The lowest BCUT2D eigenvalue weighted by Crippen LogP contribution is -2.43. The molecule has 0 unspecified atom stereocenters. The summed E-state index contributed by atoms with van der Waals surface area (Å²) in [4.78, 5) is 23.7. The quantitative estimate of drug-likeness (QED) is 0.377. The van der Waals surface area contributed by atoms with E-state index < -0.39 is 22.2 Å². The molecule has 4 N–H and O–H groups in total. The number of anilines is 2. The molecule has 2 aromatic rings. The van der Waals surface area contributed by atoms with Crippen molar-refractivity contribution in [3.63, 3.8) is 0 Å². The van der Waals surface area contributed by atoms with E-state index in [1.807, 2.05) is 19.9 Å². The number of benzene rings is 2. The van der Waals surface area contributed by atoms with Gasteiger partial charge in [0, 0.05) is 42.8 Å². The van der Waals surface area contributed by atoms with Gasteiger partial charge in [-0.1, -0.05) is 29.8 Å². The number of sulfonamides is 1. The maximum absolute atomic E-state index is 13.0. The molecule has 1 heterocycles. The Morgan fingerprint density at radius 3 is 2.19 bits per heavy atom. The highest BCUT2D eigenvalue weighted by molar-refractivity contribution is 9.10. The second-order valence-electron chi connectivity index (χ2n) is 8.44. The molecular formula is C23H28BrF3N4O5S. The molecule has 0 saturated carbocycles. The number of alkyl halides is 3. The average Bonchev–Trinajstić information content (AvgIpc) is 2.83. The summed E-state index contributed by atoms with van der Waals surface area (Å²) >= 11 is 3.32. The maximum Gasteiger partial charge on any atom is 0.490 e. The molecule has 1 aliphatic rings. The zero-order valence-electron chi connectivity index (χ0n) is 20.1. The summed E-state index contributed by atoms with van der Waals surface area (Å²) in [5.41, 5.74) is 1.58. The van der Waals surface area contributed by atoms with E-state index >= 15 is 0 Å². The monoisotopic (exact) mass is 608 g/mol. The summed E-state index contributed by atoms with van der Waals surface area (Å²) in [5.74, 6) is -2.66. The smallest absolute Gasteiger partial charge is 0.475 e. The second kappa shape index (κ2) is 13.1. The van der Waals surface area contributed by atoms with Gasteiger partial charge in [-0.05, 0) is 48.4 Å². The van der Waals surface area contributed by atoms with Crippen molar-refractivity contribution in [3.05, 3.63) is 52.5 Å². The minimum Gasteiger partial charge on any atom is -0.475 e. The normalized spacial score (nSPS) is 14.0.